The molecule has 0 fully saturated rings. The first-order valence-electron chi connectivity index (χ1n) is 8.15. The average molecular weight is 331 g/mol. The molecule has 130 valence electrons. The van der Waals surface area contributed by atoms with Crippen molar-refractivity contribution in [2.24, 2.45) is 5.92 Å². The third-order valence-corrected chi connectivity index (χ3v) is 3.65. The van der Waals surface area contributed by atoms with Gasteiger partial charge in [0.1, 0.15) is 12.4 Å². The molecule has 0 saturated carbocycles. The minimum Gasteiger partial charge on any atom is -0.491 e. The maximum atomic E-state index is 12.4. The number of aromatic nitrogens is 2. The topological polar surface area (TPSA) is 76.4 Å². The van der Waals surface area contributed by atoms with Crippen LogP contribution < -0.4 is 10.1 Å². The lowest BCUT2D eigenvalue weighted by Crippen LogP contribution is -2.24. The molecule has 0 bridgehead atoms. The number of nitrogens with one attached hydrogen (secondary N) is 1. The van der Waals surface area contributed by atoms with Gasteiger partial charge in [0.2, 0.25) is 0 Å². The molecule has 1 aromatic heterocycles. The molecular formula is C18H25N3O3. The lowest BCUT2D eigenvalue weighted by molar-refractivity contribution is 0.0949. The lowest BCUT2D eigenvalue weighted by Gasteiger charge is -2.11. The van der Waals surface area contributed by atoms with Gasteiger partial charge in [-0.3, -0.25) is 9.48 Å². The van der Waals surface area contributed by atoms with Gasteiger partial charge in [-0.05, 0) is 18.9 Å². The van der Waals surface area contributed by atoms with Gasteiger partial charge in [0.15, 0.2) is 0 Å². The summed E-state index contributed by atoms with van der Waals surface area (Å²) in [6.07, 6.45) is 1.61. The molecule has 24 heavy (non-hydrogen) atoms. The molecule has 0 spiro atoms. The number of para-hydroxylation sites is 1. The summed E-state index contributed by atoms with van der Waals surface area (Å²) in [6.45, 7) is 7.46. The minimum atomic E-state index is -0.153. The molecule has 0 aliphatic rings. The van der Waals surface area contributed by atoms with Crippen molar-refractivity contribution in [3.05, 3.63) is 47.3 Å². The summed E-state index contributed by atoms with van der Waals surface area (Å²) in [6, 6.07) is 7.46. The molecule has 0 aliphatic carbocycles. The smallest absolute Gasteiger partial charge is 0.255 e. The summed E-state index contributed by atoms with van der Waals surface area (Å²) in [5.74, 6) is 0.980. The van der Waals surface area contributed by atoms with Gasteiger partial charge in [0, 0.05) is 24.3 Å². The van der Waals surface area contributed by atoms with Crippen LogP contribution in [0.2, 0.25) is 0 Å². The average Bonchev–Trinajstić information content (AvgIpc) is 2.91. The van der Waals surface area contributed by atoms with Crippen LogP contribution in [0.15, 0.2) is 30.5 Å². The highest BCUT2D eigenvalue weighted by Gasteiger charge is 2.15. The predicted octanol–water partition coefficient (Wildman–Crippen LogP) is 2.15. The summed E-state index contributed by atoms with van der Waals surface area (Å²) in [5.41, 5.74) is 2.32. The molecule has 0 aliphatic heterocycles. The zero-order chi connectivity index (χ0) is 17.5. The Morgan fingerprint density at radius 1 is 1.38 bits per heavy atom. The van der Waals surface area contributed by atoms with Gasteiger partial charge in [0.05, 0.1) is 18.4 Å². The summed E-state index contributed by atoms with van der Waals surface area (Å²) < 4.78 is 7.34. The number of benzene rings is 1. The van der Waals surface area contributed by atoms with Crippen LogP contribution >= 0.6 is 0 Å². The summed E-state index contributed by atoms with van der Waals surface area (Å²) in [7, 11) is 0. The van der Waals surface area contributed by atoms with Crippen molar-refractivity contribution in [2.45, 2.75) is 33.9 Å². The van der Waals surface area contributed by atoms with E-state index in [9.17, 15) is 4.79 Å². The monoisotopic (exact) mass is 331 g/mol. The van der Waals surface area contributed by atoms with Crippen LogP contribution in [0.4, 0.5) is 0 Å². The molecule has 0 radical (unpaired) electrons. The predicted molar refractivity (Wildman–Crippen MR) is 92.0 cm³/mol. The Bertz CT molecular complexity index is 680. The van der Waals surface area contributed by atoms with Gasteiger partial charge < -0.3 is 15.2 Å². The number of nitrogens with zero attached hydrogens (tertiary/aromatic N) is 2. The molecule has 1 heterocycles. The number of hydrogen-bond acceptors (Lipinski definition) is 4. The lowest BCUT2D eigenvalue weighted by atomic mass is 10.2. The van der Waals surface area contributed by atoms with E-state index < -0.39 is 0 Å². The number of rotatable bonds is 8. The molecule has 6 nitrogen and oxygen atoms in total. The Kier molecular flexibility index (Phi) is 6.37. The van der Waals surface area contributed by atoms with Crippen LogP contribution in [0.3, 0.4) is 0 Å². The van der Waals surface area contributed by atoms with E-state index in [4.69, 9.17) is 9.84 Å². The Morgan fingerprint density at radius 2 is 2.12 bits per heavy atom. The molecule has 6 heteroatoms. The van der Waals surface area contributed by atoms with Crippen molar-refractivity contribution in [1.82, 2.24) is 15.1 Å². The van der Waals surface area contributed by atoms with Crippen LogP contribution in [-0.4, -0.2) is 34.0 Å². The molecule has 0 atom stereocenters. The number of aliphatic hydroxyl groups is 1. The minimum absolute atomic E-state index is 0.0467. The number of ether oxygens (including phenoxy) is 1. The summed E-state index contributed by atoms with van der Waals surface area (Å²) in [5, 5.41) is 16.1. The van der Waals surface area contributed by atoms with Crippen molar-refractivity contribution >= 4 is 5.91 Å². The van der Waals surface area contributed by atoms with Gasteiger partial charge in [-0.25, -0.2) is 0 Å². The molecule has 2 N–H and O–H groups in total. The first-order chi connectivity index (χ1) is 11.5. The third-order valence-electron chi connectivity index (χ3n) is 3.65. The first kappa shape index (κ1) is 18.0. The molecule has 0 unspecified atom stereocenters. The van der Waals surface area contributed by atoms with Crippen molar-refractivity contribution in [2.75, 3.05) is 13.2 Å². The zero-order valence-corrected chi connectivity index (χ0v) is 14.5. The van der Waals surface area contributed by atoms with Gasteiger partial charge in [0.25, 0.3) is 5.91 Å². The van der Waals surface area contributed by atoms with Gasteiger partial charge >= 0.3 is 0 Å². The Labute approximate surface area is 142 Å². The second-order valence-electron chi connectivity index (χ2n) is 6.08. The molecule has 2 rings (SSSR count). The van der Waals surface area contributed by atoms with Gasteiger partial charge in [-0.1, -0.05) is 32.0 Å². The van der Waals surface area contributed by atoms with E-state index >= 15 is 0 Å². The molecule has 2 aromatic rings. The molecular weight excluding hydrogens is 306 g/mol. The Morgan fingerprint density at radius 3 is 2.83 bits per heavy atom. The number of carbonyl (C=O) groups excluding carboxylic acids is 1. The highest BCUT2D eigenvalue weighted by molar-refractivity contribution is 5.95. The van der Waals surface area contributed by atoms with Crippen LogP contribution in [0.1, 0.15) is 35.5 Å². The fourth-order valence-electron chi connectivity index (χ4n) is 2.42. The highest BCUT2D eigenvalue weighted by atomic mass is 16.5. The molecule has 1 aromatic carbocycles. The number of amides is 1. The standard InChI is InChI=1S/C18H25N3O3/c1-13(2)12-21-14(3)16(11-20-21)18(23)19-10-15-6-4-5-7-17(15)24-9-8-22/h4-7,11,13,22H,8-10,12H2,1-3H3,(H,19,23). The van der Waals surface area contributed by atoms with Crippen LogP contribution in [0, 0.1) is 12.8 Å². The number of carbonyl (C=O) groups is 1. The normalized spacial score (nSPS) is 10.9. The van der Waals surface area contributed by atoms with E-state index in [1.165, 1.54) is 0 Å². The molecule has 1 amide bonds. The zero-order valence-electron chi connectivity index (χ0n) is 14.5. The molecule has 0 saturated heterocycles. The maximum Gasteiger partial charge on any atom is 0.255 e. The Balaban J connectivity index is 2.02. The summed E-state index contributed by atoms with van der Waals surface area (Å²) in [4.78, 5) is 12.4. The van der Waals surface area contributed by atoms with Crippen LogP contribution in [-0.2, 0) is 13.1 Å². The van der Waals surface area contributed by atoms with Gasteiger partial charge in [-0.2, -0.15) is 5.10 Å². The van der Waals surface area contributed by atoms with E-state index in [-0.39, 0.29) is 19.1 Å². The maximum absolute atomic E-state index is 12.4. The quantitative estimate of drug-likeness (QED) is 0.777. The Hall–Kier alpha value is -2.34. The van der Waals surface area contributed by atoms with E-state index in [1.54, 1.807) is 6.20 Å². The SMILES string of the molecule is Cc1c(C(=O)NCc2ccccc2OCCO)cnn1CC(C)C. The fraction of sp³-hybridized carbons (Fsp3) is 0.444. The van der Waals surface area contributed by atoms with E-state index in [0.717, 1.165) is 17.8 Å². The second-order valence-corrected chi connectivity index (χ2v) is 6.08. The van der Waals surface area contributed by atoms with Crippen molar-refractivity contribution < 1.29 is 14.6 Å². The first-order valence-corrected chi connectivity index (χ1v) is 8.15. The van der Waals surface area contributed by atoms with E-state index in [1.807, 2.05) is 35.9 Å². The van der Waals surface area contributed by atoms with Crippen LogP contribution in [0.25, 0.3) is 0 Å². The highest BCUT2D eigenvalue weighted by Crippen LogP contribution is 2.18. The van der Waals surface area contributed by atoms with Gasteiger partial charge in [-0.15, -0.1) is 0 Å². The third kappa shape index (κ3) is 4.58. The van der Waals surface area contributed by atoms with E-state index in [0.29, 0.717) is 23.8 Å². The van der Waals surface area contributed by atoms with E-state index in [2.05, 4.69) is 24.3 Å². The fourth-order valence-corrected chi connectivity index (χ4v) is 2.42. The van der Waals surface area contributed by atoms with Crippen molar-refractivity contribution in [3.63, 3.8) is 0 Å². The van der Waals surface area contributed by atoms with Crippen molar-refractivity contribution in [1.29, 1.82) is 0 Å². The largest absolute Gasteiger partial charge is 0.491 e. The van der Waals surface area contributed by atoms with Crippen molar-refractivity contribution in [3.8, 4) is 5.75 Å². The number of aliphatic hydroxyl groups excluding tert-OH is 1. The summed E-state index contributed by atoms with van der Waals surface area (Å²) >= 11 is 0. The number of hydrogen-bond donors (Lipinski definition) is 2. The second kappa shape index (κ2) is 8.49. The van der Waals surface area contributed by atoms with Crippen LogP contribution in [0.5, 0.6) is 5.75 Å².